The molecule has 2 N–H and O–H groups in total. The number of hydrogen-bond acceptors (Lipinski definition) is 4. The molecule has 1 aromatic carbocycles. The van der Waals surface area contributed by atoms with Crippen LogP contribution in [-0.2, 0) is 13.6 Å². The van der Waals surface area contributed by atoms with Crippen molar-refractivity contribution in [2.75, 3.05) is 19.6 Å². The van der Waals surface area contributed by atoms with Gasteiger partial charge in [-0.25, -0.2) is 0 Å². The van der Waals surface area contributed by atoms with Crippen molar-refractivity contribution in [3.63, 3.8) is 0 Å². The first-order valence-electron chi connectivity index (χ1n) is 7.98. The van der Waals surface area contributed by atoms with Crippen LogP contribution in [0.25, 0.3) is 0 Å². The number of carbonyl (C=O) groups excluding carboxylic acids is 1. The molecule has 6 nitrogen and oxygen atoms in total. The van der Waals surface area contributed by atoms with E-state index in [1.54, 1.807) is 6.07 Å². The largest absolute Gasteiger partial charge is 0.506 e. The van der Waals surface area contributed by atoms with Crippen molar-refractivity contribution in [1.29, 1.82) is 0 Å². The van der Waals surface area contributed by atoms with E-state index in [2.05, 4.69) is 15.3 Å². The van der Waals surface area contributed by atoms with E-state index in [1.807, 2.05) is 24.1 Å². The van der Waals surface area contributed by atoms with E-state index in [0.717, 1.165) is 26.1 Å². The first-order valence-corrected chi connectivity index (χ1v) is 8.35. The van der Waals surface area contributed by atoms with E-state index in [1.165, 1.54) is 17.7 Å². The summed E-state index contributed by atoms with van der Waals surface area (Å²) in [7, 11) is 1.92. The number of carbonyl (C=O) groups is 1. The van der Waals surface area contributed by atoms with Crippen LogP contribution in [0.5, 0.6) is 5.75 Å². The Morgan fingerprint density at radius 2 is 2.33 bits per heavy atom. The van der Waals surface area contributed by atoms with Gasteiger partial charge in [-0.2, -0.15) is 5.10 Å². The molecule has 128 valence electrons. The highest BCUT2D eigenvalue weighted by molar-refractivity contribution is 6.32. The number of amides is 1. The number of nitrogens with zero attached hydrogens (tertiary/aromatic N) is 3. The summed E-state index contributed by atoms with van der Waals surface area (Å²) < 4.78 is 1.81. The fraction of sp³-hybridized carbons (Fsp3) is 0.412. The molecular formula is C17H21ClN4O2. The van der Waals surface area contributed by atoms with Gasteiger partial charge in [-0.15, -0.1) is 0 Å². The molecule has 1 atom stereocenters. The van der Waals surface area contributed by atoms with E-state index in [0.29, 0.717) is 18.0 Å². The number of aromatic hydroxyl groups is 1. The molecular weight excluding hydrogens is 328 g/mol. The molecule has 24 heavy (non-hydrogen) atoms. The summed E-state index contributed by atoms with van der Waals surface area (Å²) in [5.74, 6) is 0.260. The SMILES string of the molecule is Cn1cc(CN2CC[C@@H](CNC(=O)c3ccc(O)c(Cl)c3)C2)cn1. The Morgan fingerprint density at radius 1 is 1.50 bits per heavy atom. The average Bonchev–Trinajstić information content (AvgIpc) is 3.17. The van der Waals surface area contributed by atoms with Gasteiger partial charge in [0.05, 0.1) is 11.2 Å². The fourth-order valence-electron chi connectivity index (χ4n) is 3.02. The molecule has 0 bridgehead atoms. The Kier molecular flexibility index (Phi) is 5.06. The maximum absolute atomic E-state index is 12.2. The lowest BCUT2D eigenvalue weighted by Crippen LogP contribution is -2.30. The standard InChI is InChI=1S/C17H21ClN4O2/c1-21-9-13(8-20-21)11-22-5-4-12(10-22)7-19-17(24)14-2-3-16(23)15(18)6-14/h2-3,6,8-9,12,23H,4-5,7,10-11H2,1H3,(H,19,24)/t12-/m0/s1. The first-order chi connectivity index (χ1) is 11.5. The zero-order chi connectivity index (χ0) is 17.1. The molecule has 1 aliphatic rings. The van der Waals surface area contributed by atoms with Crippen LogP contribution in [0.1, 0.15) is 22.3 Å². The second kappa shape index (κ2) is 7.23. The third-order valence-electron chi connectivity index (χ3n) is 4.30. The van der Waals surface area contributed by atoms with Crippen LogP contribution in [0.4, 0.5) is 0 Å². The number of halogens is 1. The highest BCUT2D eigenvalue weighted by atomic mass is 35.5. The molecule has 7 heteroatoms. The van der Waals surface area contributed by atoms with Gasteiger partial charge in [-0.3, -0.25) is 14.4 Å². The highest BCUT2D eigenvalue weighted by Crippen LogP contribution is 2.23. The van der Waals surface area contributed by atoms with Crippen LogP contribution in [0.3, 0.4) is 0 Å². The van der Waals surface area contributed by atoms with Crippen molar-refractivity contribution in [1.82, 2.24) is 20.0 Å². The highest BCUT2D eigenvalue weighted by Gasteiger charge is 2.23. The molecule has 3 rings (SSSR count). The summed E-state index contributed by atoms with van der Waals surface area (Å²) in [4.78, 5) is 14.5. The molecule has 2 aromatic rings. The summed E-state index contributed by atoms with van der Waals surface area (Å²) in [5, 5.41) is 16.7. The van der Waals surface area contributed by atoms with Gasteiger partial charge in [0.25, 0.3) is 5.91 Å². The van der Waals surface area contributed by atoms with Crippen LogP contribution in [0.15, 0.2) is 30.6 Å². The molecule has 0 radical (unpaired) electrons. The summed E-state index contributed by atoms with van der Waals surface area (Å²) in [6.07, 6.45) is 4.99. The molecule has 1 fully saturated rings. The van der Waals surface area contributed by atoms with Gasteiger partial charge in [-0.05, 0) is 37.1 Å². The third-order valence-corrected chi connectivity index (χ3v) is 4.60. The van der Waals surface area contributed by atoms with Crippen LogP contribution in [-0.4, -0.2) is 45.3 Å². The number of aryl methyl sites for hydroxylation is 1. The fourth-order valence-corrected chi connectivity index (χ4v) is 3.20. The lowest BCUT2D eigenvalue weighted by Gasteiger charge is -2.15. The molecule has 1 aromatic heterocycles. The topological polar surface area (TPSA) is 70.4 Å². The number of nitrogens with one attached hydrogen (secondary N) is 1. The smallest absolute Gasteiger partial charge is 0.251 e. The minimum absolute atomic E-state index is 0.0185. The first kappa shape index (κ1) is 16.8. The number of phenols is 1. The monoisotopic (exact) mass is 348 g/mol. The zero-order valence-corrected chi connectivity index (χ0v) is 14.3. The lowest BCUT2D eigenvalue weighted by molar-refractivity contribution is 0.0947. The molecule has 0 unspecified atom stereocenters. The Labute approximate surface area is 146 Å². The van der Waals surface area contributed by atoms with Crippen LogP contribution >= 0.6 is 11.6 Å². The number of hydrogen-bond donors (Lipinski definition) is 2. The number of aromatic nitrogens is 2. The summed E-state index contributed by atoms with van der Waals surface area (Å²) in [5.41, 5.74) is 1.67. The predicted octanol–water partition coefficient (Wildman–Crippen LogP) is 2.03. The Bertz CT molecular complexity index is 731. The molecule has 2 heterocycles. The minimum Gasteiger partial charge on any atom is -0.506 e. The Balaban J connectivity index is 1.47. The van der Waals surface area contributed by atoms with E-state index in [4.69, 9.17) is 11.6 Å². The van der Waals surface area contributed by atoms with Crippen LogP contribution in [0, 0.1) is 5.92 Å². The van der Waals surface area contributed by atoms with Crippen molar-refractivity contribution < 1.29 is 9.90 Å². The normalized spacial score (nSPS) is 18.0. The zero-order valence-electron chi connectivity index (χ0n) is 13.6. The maximum Gasteiger partial charge on any atom is 0.251 e. The molecule has 0 saturated carbocycles. The van der Waals surface area contributed by atoms with Crippen molar-refractivity contribution >= 4 is 17.5 Å². The number of phenolic OH excluding ortho intramolecular Hbond substituents is 1. The van der Waals surface area contributed by atoms with Gasteiger partial charge in [0.1, 0.15) is 5.75 Å². The van der Waals surface area contributed by atoms with Crippen LogP contribution < -0.4 is 5.32 Å². The average molecular weight is 349 g/mol. The number of rotatable bonds is 5. The predicted molar refractivity (Wildman–Crippen MR) is 92.0 cm³/mol. The maximum atomic E-state index is 12.2. The molecule has 1 amide bonds. The van der Waals surface area contributed by atoms with E-state index in [-0.39, 0.29) is 16.7 Å². The van der Waals surface area contributed by atoms with Gasteiger partial charge in [-0.1, -0.05) is 11.6 Å². The third kappa shape index (κ3) is 4.07. The number of likely N-dealkylation sites (tertiary alicyclic amines) is 1. The Hall–Kier alpha value is -2.05. The molecule has 1 saturated heterocycles. The van der Waals surface area contributed by atoms with Gasteiger partial charge in [0.2, 0.25) is 0 Å². The van der Waals surface area contributed by atoms with Gasteiger partial charge in [0, 0.05) is 44.0 Å². The van der Waals surface area contributed by atoms with Crippen molar-refractivity contribution in [3.05, 3.63) is 46.7 Å². The quantitative estimate of drug-likeness (QED) is 0.867. The molecule has 0 spiro atoms. The van der Waals surface area contributed by atoms with Gasteiger partial charge in [0.15, 0.2) is 0 Å². The summed E-state index contributed by atoms with van der Waals surface area (Å²) in [6, 6.07) is 4.48. The van der Waals surface area contributed by atoms with E-state index in [9.17, 15) is 9.90 Å². The van der Waals surface area contributed by atoms with Gasteiger partial charge >= 0.3 is 0 Å². The van der Waals surface area contributed by atoms with Crippen molar-refractivity contribution in [2.24, 2.45) is 13.0 Å². The Morgan fingerprint density at radius 3 is 3.04 bits per heavy atom. The van der Waals surface area contributed by atoms with E-state index >= 15 is 0 Å². The summed E-state index contributed by atoms with van der Waals surface area (Å²) in [6.45, 7) is 3.53. The molecule has 0 aliphatic carbocycles. The second-order valence-electron chi connectivity index (χ2n) is 6.29. The lowest BCUT2D eigenvalue weighted by atomic mass is 10.1. The van der Waals surface area contributed by atoms with Crippen molar-refractivity contribution in [3.8, 4) is 5.75 Å². The second-order valence-corrected chi connectivity index (χ2v) is 6.70. The van der Waals surface area contributed by atoms with Crippen LogP contribution in [0.2, 0.25) is 5.02 Å². The molecule has 1 aliphatic heterocycles. The van der Waals surface area contributed by atoms with Crippen molar-refractivity contribution in [2.45, 2.75) is 13.0 Å². The minimum atomic E-state index is -0.164. The van der Waals surface area contributed by atoms with Gasteiger partial charge < -0.3 is 10.4 Å². The number of benzene rings is 1. The summed E-state index contributed by atoms with van der Waals surface area (Å²) >= 11 is 5.84. The van der Waals surface area contributed by atoms with E-state index < -0.39 is 0 Å².